The summed E-state index contributed by atoms with van der Waals surface area (Å²) in [5.74, 6) is -1.79. The number of fused-ring (bicyclic) bond motifs is 1. The fourth-order valence-electron chi connectivity index (χ4n) is 6.41. The van der Waals surface area contributed by atoms with Crippen LogP contribution in [0.25, 0.3) is 0 Å². The van der Waals surface area contributed by atoms with E-state index >= 15 is 0 Å². The lowest BCUT2D eigenvalue weighted by Crippen LogP contribution is -2.57. The van der Waals surface area contributed by atoms with Gasteiger partial charge >= 0.3 is 0 Å². The lowest BCUT2D eigenvalue weighted by atomic mass is 9.74. The van der Waals surface area contributed by atoms with E-state index in [2.05, 4.69) is 10.6 Å². The van der Waals surface area contributed by atoms with E-state index in [1.807, 2.05) is 42.7 Å². The van der Waals surface area contributed by atoms with E-state index in [0.717, 1.165) is 43.4 Å². The van der Waals surface area contributed by atoms with Gasteiger partial charge in [0.1, 0.15) is 11.6 Å². The van der Waals surface area contributed by atoms with Crippen LogP contribution in [0.15, 0.2) is 41.3 Å². The molecule has 180 valence electrons. The zero-order valence-corrected chi connectivity index (χ0v) is 20.2. The molecular formula is C26H31N3O4S. The van der Waals surface area contributed by atoms with Crippen LogP contribution in [-0.2, 0) is 19.1 Å². The maximum absolute atomic E-state index is 13.8. The summed E-state index contributed by atoms with van der Waals surface area (Å²) >= 11 is 1.60. The van der Waals surface area contributed by atoms with Gasteiger partial charge < -0.3 is 20.3 Å². The van der Waals surface area contributed by atoms with Gasteiger partial charge in [0, 0.05) is 22.7 Å². The largest absolute Gasteiger partial charge is 0.359 e. The number of ether oxygens (including phenoxy) is 1. The Balaban J connectivity index is 1.28. The standard InChI is InChI=1S/C26H31N3O4S/c1-34-18-9-5-8-16(14-18)28-23(30)20-19-12-13-26(33-19)21(20)25(32)29(17-10-11-17)22(26)24(31)27-15-6-3-2-4-7-15/h5,8-9,12-15,17,19-22H,2-4,6-7,10-11H2,1H3,(H,27,31)(H,28,30)/t19-,20+,21-,22+,26-/m1/s1. The van der Waals surface area contributed by atoms with E-state index in [-0.39, 0.29) is 29.8 Å². The highest BCUT2D eigenvalue weighted by Gasteiger charge is 2.74. The van der Waals surface area contributed by atoms with Crippen LogP contribution >= 0.6 is 11.8 Å². The Morgan fingerprint density at radius 3 is 2.65 bits per heavy atom. The molecule has 7 nitrogen and oxygen atoms in total. The van der Waals surface area contributed by atoms with Gasteiger partial charge in [-0.1, -0.05) is 37.5 Å². The van der Waals surface area contributed by atoms with E-state index in [1.54, 1.807) is 16.7 Å². The van der Waals surface area contributed by atoms with Gasteiger partial charge in [0.25, 0.3) is 0 Å². The zero-order valence-electron chi connectivity index (χ0n) is 19.4. The Hall–Kier alpha value is -2.32. The van der Waals surface area contributed by atoms with Crippen molar-refractivity contribution < 1.29 is 19.1 Å². The highest BCUT2D eigenvalue weighted by Crippen LogP contribution is 2.57. The number of amides is 3. The van der Waals surface area contributed by atoms with Crippen LogP contribution in [-0.4, -0.2) is 58.7 Å². The van der Waals surface area contributed by atoms with E-state index in [0.29, 0.717) is 5.69 Å². The third-order valence-corrected chi connectivity index (χ3v) is 8.82. The second kappa shape index (κ2) is 8.41. The van der Waals surface area contributed by atoms with Crippen molar-refractivity contribution in [2.45, 2.75) is 79.7 Å². The Labute approximate surface area is 204 Å². The highest BCUT2D eigenvalue weighted by molar-refractivity contribution is 7.98. The van der Waals surface area contributed by atoms with Gasteiger partial charge in [0.05, 0.1) is 17.9 Å². The van der Waals surface area contributed by atoms with Gasteiger partial charge in [-0.2, -0.15) is 0 Å². The first kappa shape index (κ1) is 22.2. The van der Waals surface area contributed by atoms with Gasteiger partial charge in [0.2, 0.25) is 17.7 Å². The number of hydrogen-bond acceptors (Lipinski definition) is 5. The molecule has 3 amide bonds. The number of benzene rings is 1. The smallest absolute Gasteiger partial charge is 0.246 e. The first-order valence-electron chi connectivity index (χ1n) is 12.5. The summed E-state index contributed by atoms with van der Waals surface area (Å²) < 4.78 is 6.40. The molecule has 2 saturated heterocycles. The molecular weight excluding hydrogens is 450 g/mol. The second-order valence-corrected chi connectivity index (χ2v) is 11.1. The molecule has 5 aliphatic rings. The van der Waals surface area contributed by atoms with E-state index in [4.69, 9.17) is 4.74 Å². The number of rotatable bonds is 6. The number of nitrogens with zero attached hydrogens (tertiary/aromatic N) is 1. The van der Waals surface area contributed by atoms with Gasteiger partial charge in [0.15, 0.2) is 0 Å². The van der Waals surface area contributed by atoms with Crippen LogP contribution in [0.4, 0.5) is 5.69 Å². The van der Waals surface area contributed by atoms with Crippen molar-refractivity contribution in [2.75, 3.05) is 11.6 Å². The van der Waals surface area contributed by atoms with E-state index < -0.39 is 29.6 Å². The van der Waals surface area contributed by atoms with Crippen LogP contribution < -0.4 is 10.6 Å². The summed E-state index contributed by atoms with van der Waals surface area (Å²) in [6.45, 7) is 0. The summed E-state index contributed by atoms with van der Waals surface area (Å²) in [6.07, 6.45) is 12.5. The maximum atomic E-state index is 13.8. The lowest BCUT2D eigenvalue weighted by Gasteiger charge is -2.34. The molecule has 3 aliphatic heterocycles. The van der Waals surface area contributed by atoms with Gasteiger partial charge in [-0.25, -0.2) is 0 Å². The van der Waals surface area contributed by atoms with Crippen LogP contribution in [0.3, 0.4) is 0 Å². The summed E-state index contributed by atoms with van der Waals surface area (Å²) in [5.41, 5.74) is -0.361. The SMILES string of the molecule is CSc1cccc(NC(=O)[C@H]2[C@H]3C=C[C@]4(O3)[C@H](C(=O)NC3CCCCC3)N(C3CC3)C(=O)[C@@H]24)c1. The molecule has 2 saturated carbocycles. The topological polar surface area (TPSA) is 87.7 Å². The summed E-state index contributed by atoms with van der Waals surface area (Å²) in [5, 5.41) is 6.24. The van der Waals surface area contributed by atoms with E-state index in [9.17, 15) is 14.4 Å². The Morgan fingerprint density at radius 2 is 1.91 bits per heavy atom. The molecule has 1 aromatic carbocycles. The summed E-state index contributed by atoms with van der Waals surface area (Å²) in [6, 6.07) is 7.17. The first-order chi connectivity index (χ1) is 16.5. The fourth-order valence-corrected chi connectivity index (χ4v) is 6.87. The van der Waals surface area contributed by atoms with Gasteiger partial charge in [-0.05, 0) is 50.1 Å². The Morgan fingerprint density at radius 1 is 1.12 bits per heavy atom. The fraction of sp³-hybridized carbons (Fsp3) is 0.577. The molecule has 2 aliphatic carbocycles. The third kappa shape index (κ3) is 3.49. The first-order valence-corrected chi connectivity index (χ1v) is 13.7. The van der Waals surface area contributed by atoms with Gasteiger partial charge in [-0.15, -0.1) is 11.8 Å². The molecule has 2 N–H and O–H groups in total. The van der Waals surface area contributed by atoms with Crippen LogP contribution in [0.2, 0.25) is 0 Å². The number of likely N-dealkylation sites (tertiary alicyclic amines) is 1. The lowest BCUT2D eigenvalue weighted by molar-refractivity contribution is -0.142. The van der Waals surface area contributed by atoms with Crippen LogP contribution in [0.5, 0.6) is 0 Å². The van der Waals surface area contributed by atoms with Crippen molar-refractivity contribution in [3.8, 4) is 0 Å². The molecule has 1 spiro atoms. The second-order valence-electron chi connectivity index (χ2n) is 10.2. The molecule has 0 unspecified atom stereocenters. The molecule has 0 aromatic heterocycles. The highest BCUT2D eigenvalue weighted by atomic mass is 32.2. The molecule has 8 heteroatoms. The van der Waals surface area contributed by atoms with Crippen molar-refractivity contribution in [2.24, 2.45) is 11.8 Å². The molecule has 4 fully saturated rings. The molecule has 1 aromatic rings. The predicted molar refractivity (Wildman–Crippen MR) is 129 cm³/mol. The van der Waals surface area contributed by atoms with Crippen LogP contribution in [0.1, 0.15) is 44.9 Å². The van der Waals surface area contributed by atoms with Crippen molar-refractivity contribution in [1.82, 2.24) is 10.2 Å². The number of carbonyl (C=O) groups is 3. The van der Waals surface area contributed by atoms with Crippen molar-refractivity contribution in [1.29, 1.82) is 0 Å². The number of thioether (sulfide) groups is 1. The van der Waals surface area contributed by atoms with Crippen LogP contribution in [0, 0.1) is 11.8 Å². The Kier molecular flexibility index (Phi) is 5.48. The summed E-state index contributed by atoms with van der Waals surface area (Å²) in [4.78, 5) is 43.7. The molecule has 3 heterocycles. The minimum Gasteiger partial charge on any atom is -0.359 e. The van der Waals surface area contributed by atoms with Crippen molar-refractivity contribution in [3.05, 3.63) is 36.4 Å². The molecule has 5 atom stereocenters. The average molecular weight is 482 g/mol. The quantitative estimate of drug-likeness (QED) is 0.482. The van der Waals surface area contributed by atoms with Crippen molar-refractivity contribution in [3.63, 3.8) is 0 Å². The minimum absolute atomic E-state index is 0.0626. The monoisotopic (exact) mass is 481 g/mol. The number of anilines is 1. The third-order valence-electron chi connectivity index (χ3n) is 8.09. The average Bonchev–Trinajstić information content (AvgIpc) is 3.44. The van der Waals surface area contributed by atoms with E-state index in [1.165, 1.54) is 6.42 Å². The number of nitrogens with one attached hydrogen (secondary N) is 2. The molecule has 6 rings (SSSR count). The minimum atomic E-state index is -1.06. The molecule has 2 bridgehead atoms. The molecule has 0 radical (unpaired) electrons. The van der Waals surface area contributed by atoms with Crippen molar-refractivity contribution >= 4 is 35.2 Å². The maximum Gasteiger partial charge on any atom is 0.246 e. The number of carbonyl (C=O) groups excluding carboxylic acids is 3. The van der Waals surface area contributed by atoms with Gasteiger partial charge in [-0.3, -0.25) is 14.4 Å². The Bertz CT molecular complexity index is 1050. The number of hydrogen-bond donors (Lipinski definition) is 2. The normalized spacial score (nSPS) is 34.4. The zero-order chi connectivity index (χ0) is 23.4. The predicted octanol–water partition coefficient (Wildman–Crippen LogP) is 3.11. The summed E-state index contributed by atoms with van der Waals surface area (Å²) in [7, 11) is 0. The molecule has 34 heavy (non-hydrogen) atoms.